The number of rotatable bonds is 5. The number of amidine groups is 1. The lowest BCUT2D eigenvalue weighted by Gasteiger charge is -2.16. The van der Waals surface area contributed by atoms with Crippen LogP contribution in [-0.4, -0.2) is 24.7 Å². The first-order chi connectivity index (χ1) is 11.8. The van der Waals surface area contributed by atoms with Gasteiger partial charge in [0.05, 0.1) is 12.1 Å². The first kappa shape index (κ1) is 16.9. The second-order valence-electron chi connectivity index (χ2n) is 5.41. The Hall–Kier alpha value is -2.91. The molecule has 0 unspecified atom stereocenters. The van der Waals surface area contributed by atoms with Crippen molar-refractivity contribution in [1.29, 1.82) is 0 Å². The molecule has 0 bridgehead atoms. The molecule has 0 radical (unpaired) electrons. The van der Waals surface area contributed by atoms with Crippen LogP contribution in [0.2, 0.25) is 0 Å². The van der Waals surface area contributed by atoms with Gasteiger partial charge in [-0.3, -0.25) is 9.35 Å². The summed E-state index contributed by atoms with van der Waals surface area (Å²) in [6.45, 7) is 0. The molecule has 3 N–H and O–H groups in total. The van der Waals surface area contributed by atoms with Crippen molar-refractivity contribution in [2.45, 2.75) is 12.2 Å². The molecule has 3 rings (SSSR count). The monoisotopic (exact) mass is 361 g/mol. The standard InChI is InChI=1S/C16H15N3O5S/c17-15-9-16(20)19(18-15)12-6-7-14(11(8-12)10-25(21,22)23)24-13-4-2-1-3-5-13/h1-8H,9-10H2,(H2,17,18)(H,21,22,23). The number of ether oxygens (including phenoxy) is 1. The first-order valence-electron chi connectivity index (χ1n) is 7.29. The van der Waals surface area contributed by atoms with E-state index in [1.807, 2.05) is 6.07 Å². The van der Waals surface area contributed by atoms with Crippen molar-refractivity contribution in [2.24, 2.45) is 10.8 Å². The predicted octanol–water partition coefficient (Wildman–Crippen LogP) is 1.88. The van der Waals surface area contributed by atoms with Crippen LogP contribution < -0.4 is 15.5 Å². The largest absolute Gasteiger partial charge is 0.457 e. The zero-order chi connectivity index (χ0) is 18.0. The Balaban J connectivity index is 1.99. The Bertz CT molecular complexity index is 941. The summed E-state index contributed by atoms with van der Waals surface area (Å²) in [6.07, 6.45) is -0.00407. The van der Waals surface area contributed by atoms with E-state index >= 15 is 0 Å². The summed E-state index contributed by atoms with van der Waals surface area (Å²) >= 11 is 0. The second-order valence-corrected chi connectivity index (χ2v) is 6.86. The highest BCUT2D eigenvalue weighted by molar-refractivity contribution is 7.85. The molecule has 1 heterocycles. The predicted molar refractivity (Wildman–Crippen MR) is 91.9 cm³/mol. The summed E-state index contributed by atoms with van der Waals surface area (Å²) in [4.78, 5) is 11.9. The SMILES string of the molecule is NC1=NN(c2ccc(Oc3ccccc3)c(CS(=O)(=O)O)c2)C(=O)C1. The van der Waals surface area contributed by atoms with Crippen molar-refractivity contribution in [1.82, 2.24) is 0 Å². The van der Waals surface area contributed by atoms with Crippen molar-refractivity contribution in [3.05, 3.63) is 54.1 Å². The molecular formula is C16H15N3O5S. The average Bonchev–Trinajstić information content (AvgIpc) is 2.87. The lowest BCUT2D eigenvalue weighted by molar-refractivity contribution is -0.116. The van der Waals surface area contributed by atoms with Gasteiger partial charge < -0.3 is 10.5 Å². The normalized spacial score (nSPS) is 14.5. The third kappa shape index (κ3) is 4.14. The van der Waals surface area contributed by atoms with E-state index in [0.717, 1.165) is 5.01 Å². The molecule has 1 aliphatic heterocycles. The van der Waals surface area contributed by atoms with Crippen LogP contribution in [0.3, 0.4) is 0 Å². The lowest BCUT2D eigenvalue weighted by Crippen LogP contribution is -2.20. The smallest absolute Gasteiger partial charge is 0.269 e. The molecule has 0 aromatic heterocycles. The van der Waals surface area contributed by atoms with E-state index in [2.05, 4.69) is 5.10 Å². The molecule has 9 heteroatoms. The maximum absolute atomic E-state index is 11.9. The minimum atomic E-state index is -4.30. The topological polar surface area (TPSA) is 122 Å². The molecule has 0 saturated carbocycles. The van der Waals surface area contributed by atoms with Crippen LogP contribution in [0.4, 0.5) is 5.69 Å². The molecule has 0 atom stereocenters. The lowest BCUT2D eigenvalue weighted by atomic mass is 10.2. The van der Waals surface area contributed by atoms with E-state index in [0.29, 0.717) is 11.4 Å². The van der Waals surface area contributed by atoms with Gasteiger partial charge >= 0.3 is 0 Å². The van der Waals surface area contributed by atoms with Gasteiger partial charge in [0.2, 0.25) is 0 Å². The van der Waals surface area contributed by atoms with Gasteiger partial charge in [-0.2, -0.15) is 18.5 Å². The Morgan fingerprint density at radius 3 is 2.52 bits per heavy atom. The summed E-state index contributed by atoms with van der Waals surface area (Å²) in [5, 5.41) is 5.01. The van der Waals surface area contributed by atoms with Gasteiger partial charge in [0, 0.05) is 5.56 Å². The van der Waals surface area contributed by atoms with Crippen molar-refractivity contribution in [3.8, 4) is 11.5 Å². The third-order valence-electron chi connectivity index (χ3n) is 3.39. The minimum Gasteiger partial charge on any atom is -0.457 e. The third-order valence-corrected chi connectivity index (χ3v) is 4.07. The zero-order valence-corrected chi connectivity index (χ0v) is 13.8. The van der Waals surface area contributed by atoms with E-state index < -0.39 is 15.9 Å². The highest BCUT2D eigenvalue weighted by atomic mass is 32.2. The quantitative estimate of drug-likeness (QED) is 0.784. The molecule has 0 spiro atoms. The molecule has 1 aliphatic rings. The highest BCUT2D eigenvalue weighted by Crippen LogP contribution is 2.31. The molecular weight excluding hydrogens is 346 g/mol. The number of amides is 1. The fraction of sp³-hybridized carbons (Fsp3) is 0.125. The maximum atomic E-state index is 11.9. The van der Waals surface area contributed by atoms with E-state index in [-0.39, 0.29) is 29.5 Å². The number of hydrogen-bond acceptors (Lipinski definition) is 6. The van der Waals surface area contributed by atoms with Gasteiger partial charge in [-0.25, -0.2) is 0 Å². The molecule has 130 valence electrons. The number of hydrogen-bond donors (Lipinski definition) is 2. The highest BCUT2D eigenvalue weighted by Gasteiger charge is 2.25. The number of nitrogens with two attached hydrogens (primary N) is 1. The molecule has 2 aromatic carbocycles. The summed E-state index contributed by atoms with van der Waals surface area (Å²) in [5.41, 5.74) is 6.08. The fourth-order valence-corrected chi connectivity index (χ4v) is 2.99. The number of para-hydroxylation sites is 1. The number of carbonyl (C=O) groups is 1. The van der Waals surface area contributed by atoms with E-state index in [1.54, 1.807) is 30.3 Å². The maximum Gasteiger partial charge on any atom is 0.269 e. The molecule has 2 aromatic rings. The second kappa shape index (κ2) is 6.54. The molecule has 1 amide bonds. The Morgan fingerprint density at radius 2 is 1.92 bits per heavy atom. The van der Waals surface area contributed by atoms with Crippen LogP contribution in [0.25, 0.3) is 0 Å². The summed E-state index contributed by atoms with van der Waals surface area (Å²) in [5.74, 6) is -0.0648. The van der Waals surface area contributed by atoms with Crippen molar-refractivity contribution >= 4 is 27.5 Å². The Kier molecular flexibility index (Phi) is 4.43. The van der Waals surface area contributed by atoms with Crippen LogP contribution in [0.15, 0.2) is 53.6 Å². The van der Waals surface area contributed by atoms with Gasteiger partial charge in [-0.15, -0.1) is 0 Å². The van der Waals surface area contributed by atoms with Crippen LogP contribution in [-0.2, 0) is 20.7 Å². The number of carbonyl (C=O) groups excluding carboxylic acids is 1. The number of nitrogens with zero attached hydrogens (tertiary/aromatic N) is 2. The van der Waals surface area contributed by atoms with Gasteiger partial charge in [-0.05, 0) is 30.3 Å². The van der Waals surface area contributed by atoms with Crippen LogP contribution in [0.1, 0.15) is 12.0 Å². The summed E-state index contributed by atoms with van der Waals surface area (Å²) < 4.78 is 37.5. The minimum absolute atomic E-state index is 0.00407. The number of anilines is 1. The van der Waals surface area contributed by atoms with Gasteiger partial charge in [0.15, 0.2) is 0 Å². The van der Waals surface area contributed by atoms with Gasteiger partial charge in [-0.1, -0.05) is 18.2 Å². The van der Waals surface area contributed by atoms with Gasteiger partial charge in [0.1, 0.15) is 23.1 Å². The molecule has 0 fully saturated rings. The first-order valence-corrected chi connectivity index (χ1v) is 8.89. The Labute approximate surface area is 144 Å². The van der Waals surface area contributed by atoms with E-state index in [1.165, 1.54) is 12.1 Å². The molecule has 0 saturated heterocycles. The van der Waals surface area contributed by atoms with Crippen LogP contribution >= 0.6 is 0 Å². The average molecular weight is 361 g/mol. The molecule has 25 heavy (non-hydrogen) atoms. The summed E-state index contributed by atoms with van der Waals surface area (Å²) in [7, 11) is -4.30. The van der Waals surface area contributed by atoms with Crippen LogP contribution in [0.5, 0.6) is 11.5 Å². The van der Waals surface area contributed by atoms with E-state index in [9.17, 15) is 17.8 Å². The molecule has 8 nitrogen and oxygen atoms in total. The van der Waals surface area contributed by atoms with Crippen molar-refractivity contribution < 1.29 is 22.5 Å². The zero-order valence-electron chi connectivity index (χ0n) is 13.0. The number of hydrazone groups is 1. The van der Waals surface area contributed by atoms with Crippen molar-refractivity contribution in [2.75, 3.05) is 5.01 Å². The van der Waals surface area contributed by atoms with Crippen molar-refractivity contribution in [3.63, 3.8) is 0 Å². The molecule has 0 aliphatic carbocycles. The summed E-state index contributed by atoms with van der Waals surface area (Å²) in [6, 6.07) is 13.3. The van der Waals surface area contributed by atoms with Gasteiger partial charge in [0.25, 0.3) is 16.0 Å². The fourth-order valence-electron chi connectivity index (χ4n) is 2.37. The Morgan fingerprint density at radius 1 is 1.20 bits per heavy atom. The van der Waals surface area contributed by atoms with Crippen LogP contribution in [0, 0.1) is 0 Å². The van der Waals surface area contributed by atoms with E-state index in [4.69, 9.17) is 10.5 Å². The number of benzene rings is 2.